The second-order valence-electron chi connectivity index (χ2n) is 7.10. The van der Waals surface area contributed by atoms with Crippen LogP contribution in [0.25, 0.3) is 0 Å². The molecule has 0 saturated carbocycles. The normalized spacial score (nSPS) is 15.4. The lowest BCUT2D eigenvalue weighted by Crippen LogP contribution is -2.39. The van der Waals surface area contributed by atoms with Gasteiger partial charge < -0.3 is 9.64 Å². The zero-order valence-electron chi connectivity index (χ0n) is 17.2. The van der Waals surface area contributed by atoms with Gasteiger partial charge in [-0.3, -0.25) is 9.59 Å². The van der Waals surface area contributed by atoms with Crippen LogP contribution in [0, 0.1) is 0 Å². The third-order valence-electron chi connectivity index (χ3n) is 5.26. The van der Waals surface area contributed by atoms with Crippen molar-refractivity contribution in [3.8, 4) is 0 Å². The summed E-state index contributed by atoms with van der Waals surface area (Å²) in [6.45, 7) is 2.11. The molecule has 1 aliphatic heterocycles. The maximum Gasteiger partial charge on any atom is 0.321 e. The van der Waals surface area contributed by atoms with Gasteiger partial charge in [-0.1, -0.05) is 37.3 Å². The van der Waals surface area contributed by atoms with Gasteiger partial charge in [-0.05, 0) is 42.7 Å². The molecule has 0 spiro atoms. The molecular weight excluding hydrogens is 404 g/mol. The largest absolute Gasteiger partial charge is 0.468 e. The third kappa shape index (κ3) is 4.55. The minimum absolute atomic E-state index is 0.0352. The molecule has 1 unspecified atom stereocenters. The topological polar surface area (TPSA) is 84.0 Å². The van der Waals surface area contributed by atoms with E-state index in [1.54, 1.807) is 17.0 Å². The first-order chi connectivity index (χ1) is 14.4. The summed E-state index contributed by atoms with van der Waals surface area (Å²) >= 11 is 0. The molecule has 0 aliphatic carbocycles. The van der Waals surface area contributed by atoms with E-state index in [2.05, 4.69) is 0 Å². The number of carbonyl (C=O) groups is 2. The number of methoxy groups -OCH3 is 1. The maximum atomic E-state index is 13.5. The fourth-order valence-corrected chi connectivity index (χ4v) is 5.32. The average molecular weight is 431 g/mol. The number of sulfonamides is 1. The number of nitrogens with zero attached hydrogens (tertiary/aromatic N) is 2. The van der Waals surface area contributed by atoms with E-state index in [-0.39, 0.29) is 10.8 Å². The molecular formula is C22H26N2O5S. The molecule has 1 fully saturated rings. The Hall–Kier alpha value is -2.71. The summed E-state index contributed by atoms with van der Waals surface area (Å²) in [5.41, 5.74) is 1.47. The molecule has 160 valence electrons. The predicted molar refractivity (Wildman–Crippen MR) is 113 cm³/mol. The summed E-state index contributed by atoms with van der Waals surface area (Å²) in [6, 6.07) is 14.9. The number of hydrogen-bond acceptors (Lipinski definition) is 5. The van der Waals surface area contributed by atoms with E-state index in [4.69, 9.17) is 4.74 Å². The summed E-state index contributed by atoms with van der Waals surface area (Å²) < 4.78 is 32.9. The molecule has 2 aromatic carbocycles. The fraction of sp³-hybridized carbons (Fsp3) is 0.364. The molecule has 30 heavy (non-hydrogen) atoms. The highest BCUT2D eigenvalue weighted by molar-refractivity contribution is 7.89. The Bertz CT molecular complexity index is 990. The minimum atomic E-state index is -3.99. The van der Waals surface area contributed by atoms with Crippen molar-refractivity contribution in [1.82, 2.24) is 4.31 Å². The van der Waals surface area contributed by atoms with Gasteiger partial charge in [0.15, 0.2) is 0 Å². The van der Waals surface area contributed by atoms with Gasteiger partial charge in [0.25, 0.3) is 0 Å². The molecule has 3 rings (SSSR count). The van der Waals surface area contributed by atoms with Gasteiger partial charge in [0, 0.05) is 18.7 Å². The molecule has 0 aromatic heterocycles. The van der Waals surface area contributed by atoms with Crippen molar-refractivity contribution in [2.45, 2.75) is 37.1 Å². The van der Waals surface area contributed by atoms with Crippen LogP contribution in [-0.4, -0.2) is 44.8 Å². The van der Waals surface area contributed by atoms with Gasteiger partial charge in [-0.25, -0.2) is 8.42 Å². The molecule has 0 bridgehead atoms. The smallest absolute Gasteiger partial charge is 0.321 e. The van der Waals surface area contributed by atoms with E-state index < -0.39 is 28.6 Å². The van der Waals surface area contributed by atoms with Crippen LogP contribution in [-0.2, 0) is 24.3 Å². The Morgan fingerprint density at radius 2 is 1.80 bits per heavy atom. The Kier molecular flexibility index (Phi) is 6.89. The zero-order chi connectivity index (χ0) is 21.7. The van der Waals surface area contributed by atoms with Gasteiger partial charge in [-0.2, -0.15) is 4.31 Å². The third-order valence-corrected chi connectivity index (χ3v) is 7.13. The number of hydrogen-bond donors (Lipinski definition) is 0. The van der Waals surface area contributed by atoms with Gasteiger partial charge in [-0.15, -0.1) is 0 Å². The van der Waals surface area contributed by atoms with Crippen molar-refractivity contribution in [3.63, 3.8) is 0 Å². The van der Waals surface area contributed by atoms with Gasteiger partial charge in [0.05, 0.1) is 18.0 Å². The lowest BCUT2D eigenvalue weighted by molar-refractivity contribution is -0.141. The van der Waals surface area contributed by atoms with E-state index in [9.17, 15) is 18.0 Å². The van der Waals surface area contributed by atoms with Crippen LogP contribution >= 0.6 is 0 Å². The molecule has 0 N–H and O–H groups in total. The Balaban J connectivity index is 1.96. The number of rotatable bonds is 8. The standard InChI is InChI=1S/C22H26N2O5S/c1-3-20(17-8-5-4-6-9-17)24(16-22(26)29-2)30(27,28)19-13-11-18(12-14-19)23-15-7-10-21(23)25/h4-6,8-9,11-14,20H,3,7,10,15-16H2,1-2H3. The highest BCUT2D eigenvalue weighted by Crippen LogP contribution is 2.31. The lowest BCUT2D eigenvalue weighted by atomic mass is 10.0. The van der Waals surface area contributed by atoms with Crippen LogP contribution in [0.4, 0.5) is 5.69 Å². The average Bonchev–Trinajstić information content (AvgIpc) is 3.20. The summed E-state index contributed by atoms with van der Waals surface area (Å²) in [7, 11) is -2.76. The number of anilines is 1. The van der Waals surface area contributed by atoms with Crippen LogP contribution in [0.15, 0.2) is 59.5 Å². The second-order valence-corrected chi connectivity index (χ2v) is 8.99. The molecule has 1 heterocycles. The van der Waals surface area contributed by atoms with Gasteiger partial charge >= 0.3 is 5.97 Å². The quantitative estimate of drug-likeness (QED) is 0.601. The van der Waals surface area contributed by atoms with Crippen LogP contribution in [0.5, 0.6) is 0 Å². The van der Waals surface area contributed by atoms with E-state index in [1.807, 2.05) is 37.3 Å². The monoisotopic (exact) mass is 430 g/mol. The van der Waals surface area contributed by atoms with Crippen molar-refractivity contribution in [1.29, 1.82) is 0 Å². The number of ether oxygens (including phenoxy) is 1. The number of amides is 1. The minimum Gasteiger partial charge on any atom is -0.468 e. The SMILES string of the molecule is CCC(c1ccccc1)N(CC(=O)OC)S(=O)(=O)c1ccc(N2CCCC2=O)cc1. The molecule has 7 nitrogen and oxygen atoms in total. The summed E-state index contributed by atoms with van der Waals surface area (Å²) in [4.78, 5) is 25.7. The Morgan fingerprint density at radius 1 is 1.13 bits per heavy atom. The van der Waals surface area contributed by atoms with E-state index >= 15 is 0 Å². The lowest BCUT2D eigenvalue weighted by Gasteiger charge is -2.30. The highest BCUT2D eigenvalue weighted by atomic mass is 32.2. The Labute approximate surface area is 177 Å². The predicted octanol–water partition coefficient (Wildman–Crippen LogP) is 3.13. The van der Waals surface area contributed by atoms with E-state index in [1.165, 1.54) is 23.5 Å². The summed E-state index contributed by atoms with van der Waals surface area (Å²) in [6.07, 6.45) is 1.78. The van der Waals surface area contributed by atoms with Crippen LogP contribution in [0.1, 0.15) is 37.8 Å². The fourth-order valence-electron chi connectivity index (χ4n) is 3.69. The molecule has 1 amide bonds. The summed E-state index contributed by atoms with van der Waals surface area (Å²) in [5.74, 6) is -0.597. The number of benzene rings is 2. The van der Waals surface area contributed by atoms with Crippen molar-refractivity contribution >= 4 is 27.6 Å². The first-order valence-corrected chi connectivity index (χ1v) is 11.4. The summed E-state index contributed by atoms with van der Waals surface area (Å²) in [5, 5.41) is 0. The van der Waals surface area contributed by atoms with Crippen molar-refractivity contribution < 1.29 is 22.7 Å². The highest BCUT2D eigenvalue weighted by Gasteiger charge is 2.34. The second kappa shape index (κ2) is 9.40. The first-order valence-electron chi connectivity index (χ1n) is 9.92. The van der Waals surface area contributed by atoms with Gasteiger partial charge in [0.1, 0.15) is 6.54 Å². The molecule has 1 aliphatic rings. The molecule has 2 aromatic rings. The van der Waals surface area contributed by atoms with Crippen LogP contribution in [0.2, 0.25) is 0 Å². The number of esters is 1. The maximum absolute atomic E-state index is 13.5. The number of carbonyl (C=O) groups excluding carboxylic acids is 2. The zero-order valence-corrected chi connectivity index (χ0v) is 18.0. The first kappa shape index (κ1) is 22.0. The van der Waals surface area contributed by atoms with Crippen LogP contribution in [0.3, 0.4) is 0 Å². The van der Waals surface area contributed by atoms with Crippen molar-refractivity contribution in [2.24, 2.45) is 0 Å². The molecule has 0 radical (unpaired) electrons. The van der Waals surface area contributed by atoms with Crippen molar-refractivity contribution in [2.75, 3.05) is 25.1 Å². The molecule has 1 saturated heterocycles. The van der Waals surface area contributed by atoms with Crippen LogP contribution < -0.4 is 4.90 Å². The van der Waals surface area contributed by atoms with E-state index in [0.717, 1.165) is 12.0 Å². The Morgan fingerprint density at radius 3 is 2.33 bits per heavy atom. The van der Waals surface area contributed by atoms with E-state index in [0.29, 0.717) is 25.1 Å². The molecule has 8 heteroatoms. The van der Waals surface area contributed by atoms with Gasteiger partial charge in [0.2, 0.25) is 15.9 Å². The van der Waals surface area contributed by atoms with Crippen molar-refractivity contribution in [3.05, 3.63) is 60.2 Å². The molecule has 1 atom stereocenters.